The minimum absolute atomic E-state index is 0.0541. The molecule has 6 nitrogen and oxygen atoms in total. The number of sulfone groups is 1. The summed E-state index contributed by atoms with van der Waals surface area (Å²) in [6.07, 6.45) is 0.679. The Morgan fingerprint density at radius 3 is 2.74 bits per heavy atom. The lowest BCUT2D eigenvalue weighted by atomic mass is 10.1. The Balaban J connectivity index is 1.99. The number of nitrogens with zero attached hydrogens (tertiary/aromatic N) is 1. The molecule has 8 heteroatoms. The summed E-state index contributed by atoms with van der Waals surface area (Å²) in [6.45, 7) is 0.576. The van der Waals surface area contributed by atoms with Crippen LogP contribution in [0.2, 0.25) is 0 Å². The monoisotopic (exact) mass is 396 g/mol. The summed E-state index contributed by atoms with van der Waals surface area (Å²) < 4.78 is 23.4. The fourth-order valence-corrected chi connectivity index (χ4v) is 4.60. The summed E-state index contributed by atoms with van der Waals surface area (Å²) in [7, 11) is -2.86. The van der Waals surface area contributed by atoms with Gasteiger partial charge in [0.25, 0.3) is 5.69 Å². The van der Waals surface area contributed by atoms with Gasteiger partial charge in [-0.1, -0.05) is 0 Å². The van der Waals surface area contributed by atoms with Gasteiger partial charge in [-0.25, -0.2) is 8.42 Å². The highest BCUT2D eigenvalue weighted by Crippen LogP contribution is 2.25. The number of hydrogen-bond donors (Lipinski definition) is 1. The van der Waals surface area contributed by atoms with Crippen LogP contribution in [0.3, 0.4) is 0 Å². The van der Waals surface area contributed by atoms with Gasteiger partial charge in [0.05, 0.1) is 16.4 Å². The standard InChI is InChI=1S/C11H13IN2O4S/c12-10-5-9(14(15)16)1-2-11(10)13-6-8-3-4-19(17,18)7-8/h1-2,5,8,13H,3-4,6-7H2. The second kappa shape index (κ2) is 5.61. The Bertz CT molecular complexity index is 603. The third-order valence-electron chi connectivity index (χ3n) is 3.07. The molecule has 0 spiro atoms. The van der Waals surface area contributed by atoms with Gasteiger partial charge >= 0.3 is 0 Å². The van der Waals surface area contributed by atoms with Crippen molar-refractivity contribution in [2.24, 2.45) is 5.92 Å². The Labute approximate surface area is 124 Å². The van der Waals surface area contributed by atoms with Gasteiger partial charge in [-0.3, -0.25) is 10.1 Å². The number of halogens is 1. The number of benzene rings is 1. The molecular weight excluding hydrogens is 383 g/mol. The minimum Gasteiger partial charge on any atom is -0.384 e. The maximum atomic E-state index is 11.3. The van der Waals surface area contributed by atoms with Gasteiger partial charge in [0.2, 0.25) is 0 Å². The fraction of sp³-hybridized carbons (Fsp3) is 0.455. The molecule has 1 heterocycles. The molecule has 1 N–H and O–H groups in total. The molecule has 1 atom stereocenters. The Hall–Kier alpha value is -0.900. The van der Waals surface area contributed by atoms with E-state index in [-0.39, 0.29) is 23.1 Å². The van der Waals surface area contributed by atoms with Crippen molar-refractivity contribution in [3.63, 3.8) is 0 Å². The molecule has 1 aliphatic rings. The zero-order valence-corrected chi connectivity index (χ0v) is 13.0. The van der Waals surface area contributed by atoms with Crippen LogP contribution in [0.25, 0.3) is 0 Å². The lowest BCUT2D eigenvalue weighted by molar-refractivity contribution is -0.384. The average molecular weight is 396 g/mol. The Morgan fingerprint density at radius 2 is 2.21 bits per heavy atom. The lowest BCUT2D eigenvalue weighted by Crippen LogP contribution is -2.16. The average Bonchev–Trinajstić information content (AvgIpc) is 2.67. The van der Waals surface area contributed by atoms with E-state index in [1.54, 1.807) is 6.07 Å². The highest BCUT2D eigenvalue weighted by Gasteiger charge is 2.27. The van der Waals surface area contributed by atoms with Crippen molar-refractivity contribution >= 4 is 43.8 Å². The van der Waals surface area contributed by atoms with Crippen molar-refractivity contribution in [2.45, 2.75) is 6.42 Å². The smallest absolute Gasteiger partial charge is 0.270 e. The normalized spacial score (nSPS) is 21.2. The molecule has 104 valence electrons. The van der Waals surface area contributed by atoms with Crippen LogP contribution >= 0.6 is 22.6 Å². The van der Waals surface area contributed by atoms with E-state index in [9.17, 15) is 18.5 Å². The first-order valence-electron chi connectivity index (χ1n) is 5.75. The van der Waals surface area contributed by atoms with E-state index >= 15 is 0 Å². The molecule has 1 fully saturated rings. The third-order valence-corrected chi connectivity index (χ3v) is 5.80. The van der Waals surface area contributed by atoms with Crippen molar-refractivity contribution in [2.75, 3.05) is 23.4 Å². The molecule has 0 aromatic heterocycles. The van der Waals surface area contributed by atoms with Gasteiger partial charge in [-0.15, -0.1) is 0 Å². The van der Waals surface area contributed by atoms with Crippen molar-refractivity contribution < 1.29 is 13.3 Å². The molecule has 1 saturated heterocycles. The van der Waals surface area contributed by atoms with Crippen LogP contribution in [-0.2, 0) is 9.84 Å². The first-order valence-corrected chi connectivity index (χ1v) is 8.65. The van der Waals surface area contributed by atoms with Gasteiger partial charge in [0.1, 0.15) is 0 Å². The fourth-order valence-electron chi connectivity index (χ4n) is 2.05. The van der Waals surface area contributed by atoms with Crippen molar-refractivity contribution in [1.29, 1.82) is 0 Å². The first-order chi connectivity index (χ1) is 8.87. The minimum atomic E-state index is -2.86. The summed E-state index contributed by atoms with van der Waals surface area (Å²) in [5, 5.41) is 13.8. The molecule has 0 saturated carbocycles. The largest absolute Gasteiger partial charge is 0.384 e. The molecule has 0 radical (unpaired) electrons. The van der Waals surface area contributed by atoms with E-state index in [1.807, 2.05) is 22.6 Å². The number of nitrogens with one attached hydrogen (secondary N) is 1. The summed E-state index contributed by atoms with van der Waals surface area (Å²) in [4.78, 5) is 10.2. The number of hydrogen-bond acceptors (Lipinski definition) is 5. The second-order valence-electron chi connectivity index (χ2n) is 4.57. The zero-order valence-electron chi connectivity index (χ0n) is 10.0. The van der Waals surface area contributed by atoms with Crippen molar-refractivity contribution in [1.82, 2.24) is 0 Å². The highest BCUT2D eigenvalue weighted by atomic mass is 127. The molecule has 1 aromatic carbocycles. The van der Waals surface area contributed by atoms with Crippen molar-refractivity contribution in [3.8, 4) is 0 Å². The zero-order chi connectivity index (χ0) is 14.0. The molecule has 1 aliphatic heterocycles. The molecule has 0 bridgehead atoms. The van der Waals surface area contributed by atoms with E-state index < -0.39 is 14.8 Å². The van der Waals surface area contributed by atoms with E-state index in [4.69, 9.17) is 0 Å². The van der Waals surface area contributed by atoms with Crippen LogP contribution in [0.5, 0.6) is 0 Å². The quantitative estimate of drug-likeness (QED) is 0.478. The number of anilines is 1. The maximum Gasteiger partial charge on any atom is 0.270 e. The molecule has 19 heavy (non-hydrogen) atoms. The molecule has 0 amide bonds. The maximum absolute atomic E-state index is 11.3. The van der Waals surface area contributed by atoms with Gasteiger partial charge in [-0.2, -0.15) is 0 Å². The van der Waals surface area contributed by atoms with Crippen LogP contribution in [-0.4, -0.2) is 31.4 Å². The molecular formula is C11H13IN2O4S. The highest BCUT2D eigenvalue weighted by molar-refractivity contribution is 14.1. The third kappa shape index (κ3) is 3.78. The van der Waals surface area contributed by atoms with E-state index in [2.05, 4.69) is 5.32 Å². The summed E-state index contributed by atoms with van der Waals surface area (Å²) >= 11 is 2.03. The Kier molecular flexibility index (Phi) is 4.29. The number of nitro benzene ring substituents is 1. The SMILES string of the molecule is O=[N+]([O-])c1ccc(NCC2CCS(=O)(=O)C2)c(I)c1. The van der Waals surface area contributed by atoms with Gasteiger partial charge < -0.3 is 5.32 Å². The summed E-state index contributed by atoms with van der Waals surface area (Å²) in [6, 6.07) is 4.59. The van der Waals surface area contributed by atoms with Crippen LogP contribution in [0, 0.1) is 19.6 Å². The Morgan fingerprint density at radius 1 is 1.47 bits per heavy atom. The summed E-state index contributed by atoms with van der Waals surface area (Å²) in [5.74, 6) is 0.608. The molecule has 1 aromatic rings. The van der Waals surface area contributed by atoms with Gasteiger partial charge in [0.15, 0.2) is 9.84 Å². The topological polar surface area (TPSA) is 89.3 Å². The molecule has 1 unspecified atom stereocenters. The summed E-state index contributed by atoms with van der Waals surface area (Å²) in [5.41, 5.74) is 0.855. The van der Waals surface area contributed by atoms with Crippen LogP contribution in [0.15, 0.2) is 18.2 Å². The molecule has 2 rings (SSSR count). The predicted molar refractivity (Wildman–Crippen MR) is 81.1 cm³/mol. The lowest BCUT2D eigenvalue weighted by Gasteiger charge is -2.12. The van der Waals surface area contributed by atoms with Crippen LogP contribution < -0.4 is 5.32 Å². The molecule has 0 aliphatic carbocycles. The van der Waals surface area contributed by atoms with E-state index in [0.717, 1.165) is 9.26 Å². The second-order valence-corrected chi connectivity index (χ2v) is 7.96. The van der Waals surface area contributed by atoms with Crippen molar-refractivity contribution in [3.05, 3.63) is 31.9 Å². The van der Waals surface area contributed by atoms with E-state index in [0.29, 0.717) is 13.0 Å². The number of non-ortho nitro benzene ring substituents is 1. The predicted octanol–water partition coefficient (Wildman–Crippen LogP) is 2.05. The number of nitro groups is 1. The van der Waals surface area contributed by atoms with Crippen LogP contribution in [0.4, 0.5) is 11.4 Å². The van der Waals surface area contributed by atoms with Gasteiger partial charge in [-0.05, 0) is 41.0 Å². The van der Waals surface area contributed by atoms with Crippen LogP contribution in [0.1, 0.15) is 6.42 Å². The number of rotatable bonds is 4. The first kappa shape index (κ1) is 14.5. The van der Waals surface area contributed by atoms with Gasteiger partial charge in [0, 0.05) is 27.9 Å². The van der Waals surface area contributed by atoms with E-state index in [1.165, 1.54) is 12.1 Å².